The Balaban J connectivity index is 1.81. The van der Waals surface area contributed by atoms with Crippen molar-refractivity contribution in [3.63, 3.8) is 0 Å². The van der Waals surface area contributed by atoms with E-state index in [0.717, 1.165) is 17.7 Å². The Morgan fingerprint density at radius 2 is 1.96 bits per heavy atom. The molecule has 0 bridgehead atoms. The number of carbonyl (C=O) groups excluding carboxylic acids is 2. The molecule has 2 amide bonds. The van der Waals surface area contributed by atoms with Crippen LogP contribution in [0.15, 0.2) is 42.5 Å². The zero-order valence-corrected chi connectivity index (χ0v) is 16.0. The number of aryl methyl sites for hydroxylation is 1. The number of amides is 2. The number of hydrogen-bond donors (Lipinski definition) is 1. The average Bonchev–Trinajstić information content (AvgIpc) is 2.67. The number of hydrogen-bond acceptors (Lipinski definition) is 4. The molecule has 1 aliphatic heterocycles. The van der Waals surface area contributed by atoms with E-state index in [1.54, 1.807) is 12.1 Å². The normalized spacial score (nSPS) is 13.4. The van der Waals surface area contributed by atoms with Crippen LogP contribution in [0.4, 0.5) is 17.1 Å². The Morgan fingerprint density at radius 1 is 1.21 bits per heavy atom. The molecule has 0 atom stereocenters. The molecule has 0 aromatic heterocycles. The van der Waals surface area contributed by atoms with E-state index in [4.69, 9.17) is 0 Å². The van der Waals surface area contributed by atoms with Crippen LogP contribution in [-0.4, -0.2) is 23.3 Å². The fourth-order valence-electron chi connectivity index (χ4n) is 3.29. The van der Waals surface area contributed by atoms with Crippen LogP contribution in [0.25, 0.3) is 0 Å². The van der Waals surface area contributed by atoms with Crippen molar-refractivity contribution in [2.75, 3.05) is 16.8 Å². The molecule has 0 spiro atoms. The summed E-state index contributed by atoms with van der Waals surface area (Å²) in [6, 6.07) is 11.3. The van der Waals surface area contributed by atoms with Gasteiger partial charge in [-0.05, 0) is 48.6 Å². The van der Waals surface area contributed by atoms with Gasteiger partial charge in [0.2, 0.25) is 5.91 Å². The summed E-state index contributed by atoms with van der Waals surface area (Å²) < 4.78 is 0. The van der Waals surface area contributed by atoms with E-state index in [9.17, 15) is 19.7 Å². The monoisotopic (exact) mass is 381 g/mol. The van der Waals surface area contributed by atoms with Crippen LogP contribution >= 0.6 is 0 Å². The van der Waals surface area contributed by atoms with Crippen LogP contribution in [0.3, 0.4) is 0 Å². The summed E-state index contributed by atoms with van der Waals surface area (Å²) in [5, 5.41) is 13.9. The van der Waals surface area contributed by atoms with Crippen LogP contribution in [-0.2, 0) is 11.2 Å². The van der Waals surface area contributed by atoms with Crippen LogP contribution < -0.4 is 10.2 Å². The van der Waals surface area contributed by atoms with Crippen molar-refractivity contribution in [3.05, 3.63) is 63.7 Å². The van der Waals surface area contributed by atoms with Gasteiger partial charge in [-0.3, -0.25) is 19.7 Å². The SMILES string of the molecule is CC(C)CCN1C(=O)CCc2cc(NC(=O)c3ccccc3[N+](=O)[O-])ccc21. The third-order valence-electron chi connectivity index (χ3n) is 4.81. The van der Waals surface area contributed by atoms with E-state index in [1.165, 1.54) is 18.2 Å². The molecule has 0 unspecified atom stereocenters. The molecular weight excluding hydrogens is 358 g/mol. The Labute approximate surface area is 163 Å². The minimum Gasteiger partial charge on any atom is -0.322 e. The summed E-state index contributed by atoms with van der Waals surface area (Å²) in [7, 11) is 0. The van der Waals surface area contributed by atoms with Crippen LogP contribution in [0.5, 0.6) is 0 Å². The minimum atomic E-state index is -0.569. The highest BCUT2D eigenvalue weighted by Gasteiger charge is 2.25. The molecule has 1 N–H and O–H groups in total. The van der Waals surface area contributed by atoms with Gasteiger partial charge in [0.1, 0.15) is 5.56 Å². The van der Waals surface area contributed by atoms with Gasteiger partial charge in [0.05, 0.1) is 4.92 Å². The molecule has 0 aliphatic carbocycles. The van der Waals surface area contributed by atoms with E-state index < -0.39 is 10.8 Å². The number of rotatable bonds is 6. The van der Waals surface area contributed by atoms with Gasteiger partial charge in [0.25, 0.3) is 11.6 Å². The second-order valence-electron chi connectivity index (χ2n) is 7.30. The van der Waals surface area contributed by atoms with Gasteiger partial charge in [-0.25, -0.2) is 0 Å². The predicted octanol–water partition coefficient (Wildman–Crippen LogP) is 4.17. The van der Waals surface area contributed by atoms with Gasteiger partial charge in [-0.15, -0.1) is 0 Å². The van der Waals surface area contributed by atoms with E-state index in [2.05, 4.69) is 19.2 Å². The van der Waals surface area contributed by atoms with E-state index in [0.29, 0.717) is 31.0 Å². The van der Waals surface area contributed by atoms with Gasteiger partial charge >= 0.3 is 0 Å². The molecule has 3 rings (SSSR count). The molecule has 2 aromatic rings. The second-order valence-corrected chi connectivity index (χ2v) is 7.30. The third-order valence-corrected chi connectivity index (χ3v) is 4.81. The molecule has 0 saturated carbocycles. The molecule has 7 nitrogen and oxygen atoms in total. The first-order chi connectivity index (χ1) is 13.4. The molecule has 28 heavy (non-hydrogen) atoms. The number of nitrogens with one attached hydrogen (secondary N) is 1. The topological polar surface area (TPSA) is 92.6 Å². The molecule has 0 radical (unpaired) electrons. The first-order valence-corrected chi connectivity index (χ1v) is 9.35. The average molecular weight is 381 g/mol. The summed E-state index contributed by atoms with van der Waals surface area (Å²) in [5.74, 6) is 0.0825. The summed E-state index contributed by atoms with van der Waals surface area (Å²) in [6.45, 7) is 4.92. The molecule has 1 aliphatic rings. The summed E-state index contributed by atoms with van der Waals surface area (Å²) in [4.78, 5) is 37.2. The lowest BCUT2D eigenvalue weighted by Gasteiger charge is -2.30. The maximum atomic E-state index is 12.5. The van der Waals surface area contributed by atoms with E-state index in [-0.39, 0.29) is 17.2 Å². The smallest absolute Gasteiger partial charge is 0.282 e. The van der Waals surface area contributed by atoms with Crippen molar-refractivity contribution in [2.24, 2.45) is 5.92 Å². The molecule has 146 valence electrons. The molecule has 0 saturated heterocycles. The first kappa shape index (κ1) is 19.5. The Bertz CT molecular complexity index is 924. The minimum absolute atomic E-state index is 0.0129. The lowest BCUT2D eigenvalue weighted by molar-refractivity contribution is -0.385. The first-order valence-electron chi connectivity index (χ1n) is 9.35. The molecular formula is C21H23N3O4. The Hall–Kier alpha value is -3.22. The fourth-order valence-corrected chi connectivity index (χ4v) is 3.29. The van der Waals surface area contributed by atoms with Crippen LogP contribution in [0, 0.1) is 16.0 Å². The fraction of sp³-hybridized carbons (Fsp3) is 0.333. The predicted molar refractivity (Wildman–Crippen MR) is 108 cm³/mol. The van der Waals surface area contributed by atoms with Gasteiger partial charge in [-0.1, -0.05) is 26.0 Å². The largest absolute Gasteiger partial charge is 0.322 e. The Morgan fingerprint density at radius 3 is 2.68 bits per heavy atom. The Kier molecular flexibility index (Phi) is 5.73. The second kappa shape index (κ2) is 8.21. The van der Waals surface area contributed by atoms with Gasteiger partial charge in [0, 0.05) is 30.4 Å². The quantitative estimate of drug-likeness (QED) is 0.600. The summed E-state index contributed by atoms with van der Waals surface area (Å²) >= 11 is 0. The molecule has 0 fully saturated rings. The van der Waals surface area contributed by atoms with Crippen molar-refractivity contribution in [3.8, 4) is 0 Å². The lowest BCUT2D eigenvalue weighted by Crippen LogP contribution is -2.36. The molecule has 1 heterocycles. The summed E-state index contributed by atoms with van der Waals surface area (Å²) in [6.07, 6.45) is 1.97. The van der Waals surface area contributed by atoms with Gasteiger partial charge in [0.15, 0.2) is 0 Å². The number of anilines is 2. The van der Waals surface area contributed by atoms with Crippen molar-refractivity contribution in [1.29, 1.82) is 0 Å². The maximum Gasteiger partial charge on any atom is 0.282 e. The number of para-hydroxylation sites is 1. The maximum absolute atomic E-state index is 12.5. The number of nitro groups is 1. The zero-order valence-electron chi connectivity index (χ0n) is 16.0. The van der Waals surface area contributed by atoms with E-state index >= 15 is 0 Å². The summed E-state index contributed by atoms with van der Waals surface area (Å²) in [5.41, 5.74) is 2.20. The lowest BCUT2D eigenvalue weighted by atomic mass is 9.99. The highest BCUT2D eigenvalue weighted by molar-refractivity contribution is 6.07. The number of benzene rings is 2. The van der Waals surface area contributed by atoms with Crippen molar-refractivity contribution in [2.45, 2.75) is 33.1 Å². The van der Waals surface area contributed by atoms with Crippen molar-refractivity contribution in [1.82, 2.24) is 0 Å². The highest BCUT2D eigenvalue weighted by atomic mass is 16.6. The highest BCUT2D eigenvalue weighted by Crippen LogP contribution is 2.31. The molecule has 7 heteroatoms. The standard InChI is InChI=1S/C21H23N3O4/c1-14(2)11-12-23-18-9-8-16(13-15(18)7-10-20(23)25)22-21(26)17-5-3-4-6-19(17)24(27)28/h3-6,8-9,13-14H,7,10-12H2,1-2H3,(H,22,26). The van der Waals surface area contributed by atoms with Crippen molar-refractivity contribution >= 4 is 28.9 Å². The molecule has 2 aromatic carbocycles. The van der Waals surface area contributed by atoms with Crippen LogP contribution in [0.1, 0.15) is 42.6 Å². The van der Waals surface area contributed by atoms with Gasteiger partial charge in [-0.2, -0.15) is 0 Å². The zero-order chi connectivity index (χ0) is 20.3. The third kappa shape index (κ3) is 4.19. The number of nitro benzene ring substituents is 1. The van der Waals surface area contributed by atoms with Crippen molar-refractivity contribution < 1.29 is 14.5 Å². The number of nitrogens with zero attached hydrogens (tertiary/aromatic N) is 2. The van der Waals surface area contributed by atoms with Crippen LogP contribution in [0.2, 0.25) is 0 Å². The van der Waals surface area contributed by atoms with Gasteiger partial charge < -0.3 is 10.2 Å². The van der Waals surface area contributed by atoms with E-state index in [1.807, 2.05) is 17.0 Å². The number of carbonyl (C=O) groups is 2. The number of fused-ring (bicyclic) bond motifs is 1.